The van der Waals surface area contributed by atoms with Crippen LogP contribution in [0.15, 0.2) is 0 Å². The van der Waals surface area contributed by atoms with Gasteiger partial charge >= 0.3 is 0 Å². The molecule has 0 atom stereocenters. The van der Waals surface area contributed by atoms with Crippen molar-refractivity contribution in [1.82, 2.24) is 4.90 Å². The molecule has 1 heterocycles. The number of likely N-dealkylation sites (tertiary alicyclic amines) is 1. The van der Waals surface area contributed by atoms with Crippen molar-refractivity contribution >= 4 is 5.91 Å². The fourth-order valence-electron chi connectivity index (χ4n) is 2.82. The minimum Gasteiger partial charge on any atom is -0.382 e. The lowest BCUT2D eigenvalue weighted by Gasteiger charge is -2.34. The van der Waals surface area contributed by atoms with Gasteiger partial charge in [0, 0.05) is 20.2 Å². The molecule has 1 fully saturated rings. The topological polar surface area (TPSA) is 57.2 Å². The maximum Gasteiger partial charge on any atom is 0.224 e. The molecule has 0 unspecified atom stereocenters. The van der Waals surface area contributed by atoms with Crippen LogP contribution in [-0.2, 0) is 23.7 Å². The Morgan fingerprint density at radius 1 is 0.885 bits per heavy atom. The van der Waals surface area contributed by atoms with Crippen LogP contribution < -0.4 is 0 Å². The zero-order chi connectivity index (χ0) is 19.6. The van der Waals surface area contributed by atoms with E-state index in [1.54, 1.807) is 7.11 Å². The summed E-state index contributed by atoms with van der Waals surface area (Å²) in [6.07, 6.45) is 2.72. The van der Waals surface area contributed by atoms with E-state index in [1.807, 2.05) is 18.7 Å². The highest BCUT2D eigenvalue weighted by Gasteiger charge is 2.24. The summed E-state index contributed by atoms with van der Waals surface area (Å²) in [6.45, 7) is 14.2. The standard InChI is InChI=1S/C18H35NO5.C2H6/c1-16(2)17-4-7-19(8-5-17)18(20)6-9-22-12-13-24-15-14-23-11-10-21-3;1-2/h16-17H,4-15H2,1-3H3;1-2H3. The molecule has 0 aromatic heterocycles. The third-order valence-corrected chi connectivity index (χ3v) is 4.47. The number of ether oxygens (including phenoxy) is 4. The van der Waals surface area contributed by atoms with E-state index in [4.69, 9.17) is 18.9 Å². The van der Waals surface area contributed by atoms with Crippen LogP contribution in [0.1, 0.15) is 47.0 Å². The van der Waals surface area contributed by atoms with Crippen molar-refractivity contribution in [1.29, 1.82) is 0 Å². The maximum absolute atomic E-state index is 12.1. The molecule has 1 amide bonds. The Morgan fingerprint density at radius 3 is 1.81 bits per heavy atom. The van der Waals surface area contributed by atoms with Gasteiger partial charge in [-0.15, -0.1) is 0 Å². The van der Waals surface area contributed by atoms with Crippen LogP contribution in [0.4, 0.5) is 0 Å². The van der Waals surface area contributed by atoms with Crippen molar-refractivity contribution in [3.05, 3.63) is 0 Å². The molecule has 0 spiro atoms. The Labute approximate surface area is 160 Å². The summed E-state index contributed by atoms with van der Waals surface area (Å²) in [6, 6.07) is 0. The molecule has 156 valence electrons. The van der Waals surface area contributed by atoms with E-state index in [2.05, 4.69) is 13.8 Å². The van der Waals surface area contributed by atoms with Crippen molar-refractivity contribution in [2.45, 2.75) is 47.0 Å². The Bertz CT molecular complexity index is 317. The number of methoxy groups -OCH3 is 1. The van der Waals surface area contributed by atoms with Crippen molar-refractivity contribution in [2.24, 2.45) is 11.8 Å². The first-order valence-electron chi connectivity index (χ1n) is 10.1. The van der Waals surface area contributed by atoms with Crippen molar-refractivity contribution in [2.75, 3.05) is 66.4 Å². The van der Waals surface area contributed by atoms with Crippen LogP contribution in [0.2, 0.25) is 0 Å². The van der Waals surface area contributed by atoms with E-state index in [0.717, 1.165) is 37.8 Å². The summed E-state index contributed by atoms with van der Waals surface area (Å²) in [7, 11) is 1.65. The molecule has 1 aliphatic heterocycles. The summed E-state index contributed by atoms with van der Waals surface area (Å²) in [5.41, 5.74) is 0. The predicted molar refractivity (Wildman–Crippen MR) is 104 cm³/mol. The number of amides is 1. The van der Waals surface area contributed by atoms with Gasteiger partial charge in [0.1, 0.15) is 0 Å². The van der Waals surface area contributed by atoms with Crippen molar-refractivity contribution in [3.63, 3.8) is 0 Å². The molecule has 26 heavy (non-hydrogen) atoms. The van der Waals surface area contributed by atoms with E-state index < -0.39 is 0 Å². The zero-order valence-corrected chi connectivity index (χ0v) is 17.6. The third-order valence-electron chi connectivity index (χ3n) is 4.47. The lowest BCUT2D eigenvalue weighted by molar-refractivity contribution is -0.134. The first-order chi connectivity index (χ1) is 12.6. The van der Waals surface area contributed by atoms with Crippen LogP contribution in [0.3, 0.4) is 0 Å². The lowest BCUT2D eigenvalue weighted by atomic mass is 9.86. The molecule has 1 rings (SSSR count). The Kier molecular flexibility index (Phi) is 17.2. The van der Waals surface area contributed by atoms with Crippen LogP contribution in [0.5, 0.6) is 0 Å². The largest absolute Gasteiger partial charge is 0.382 e. The average Bonchev–Trinajstić information content (AvgIpc) is 2.67. The second-order valence-electron chi connectivity index (χ2n) is 6.54. The second-order valence-corrected chi connectivity index (χ2v) is 6.54. The minimum atomic E-state index is 0.213. The van der Waals surface area contributed by atoms with Gasteiger partial charge in [0.25, 0.3) is 0 Å². The highest BCUT2D eigenvalue weighted by Crippen LogP contribution is 2.24. The normalized spacial score (nSPS) is 15.1. The molecule has 6 nitrogen and oxygen atoms in total. The summed E-state index contributed by atoms with van der Waals surface area (Å²) >= 11 is 0. The van der Waals surface area contributed by atoms with Gasteiger partial charge in [-0.25, -0.2) is 0 Å². The molecular formula is C20H41NO5. The van der Waals surface area contributed by atoms with Crippen molar-refractivity contribution in [3.8, 4) is 0 Å². The first-order valence-corrected chi connectivity index (χ1v) is 10.1. The van der Waals surface area contributed by atoms with Gasteiger partial charge in [-0.3, -0.25) is 4.79 Å². The van der Waals surface area contributed by atoms with Gasteiger partial charge in [-0.2, -0.15) is 0 Å². The molecule has 0 aromatic rings. The molecule has 0 aromatic carbocycles. The summed E-state index contributed by atoms with van der Waals surface area (Å²) in [5, 5.41) is 0. The molecule has 0 radical (unpaired) electrons. The van der Waals surface area contributed by atoms with Gasteiger partial charge in [-0.1, -0.05) is 27.7 Å². The van der Waals surface area contributed by atoms with Gasteiger partial charge in [0.2, 0.25) is 5.91 Å². The van der Waals surface area contributed by atoms with E-state index >= 15 is 0 Å². The zero-order valence-electron chi connectivity index (χ0n) is 17.6. The van der Waals surface area contributed by atoms with Crippen LogP contribution >= 0.6 is 0 Å². The summed E-state index contributed by atoms with van der Waals surface area (Å²) in [5.74, 6) is 1.70. The molecule has 6 heteroatoms. The van der Waals surface area contributed by atoms with E-state index in [0.29, 0.717) is 52.7 Å². The Balaban J connectivity index is 0.00000301. The fourth-order valence-corrected chi connectivity index (χ4v) is 2.82. The van der Waals surface area contributed by atoms with Gasteiger partial charge in [0.05, 0.1) is 52.7 Å². The molecule has 0 saturated carbocycles. The Hall–Kier alpha value is -0.690. The predicted octanol–water partition coefficient (Wildman–Crippen LogP) is 2.99. The quantitative estimate of drug-likeness (QED) is 0.463. The van der Waals surface area contributed by atoms with Crippen LogP contribution in [-0.4, -0.2) is 77.3 Å². The second kappa shape index (κ2) is 17.7. The number of piperidine rings is 1. The minimum absolute atomic E-state index is 0.213. The highest BCUT2D eigenvalue weighted by molar-refractivity contribution is 5.76. The monoisotopic (exact) mass is 375 g/mol. The average molecular weight is 376 g/mol. The molecule has 1 saturated heterocycles. The van der Waals surface area contributed by atoms with Gasteiger partial charge in [0.15, 0.2) is 0 Å². The van der Waals surface area contributed by atoms with E-state index in [9.17, 15) is 4.79 Å². The summed E-state index contributed by atoms with van der Waals surface area (Å²) in [4.78, 5) is 14.1. The first kappa shape index (κ1) is 25.3. The molecule has 0 bridgehead atoms. The number of carbonyl (C=O) groups is 1. The molecule has 1 aliphatic rings. The third kappa shape index (κ3) is 12.6. The molecule has 0 N–H and O–H groups in total. The SMILES string of the molecule is CC.COCCOCCOCCOCCC(=O)N1CCC(C(C)C)CC1. The summed E-state index contributed by atoms with van der Waals surface area (Å²) < 4.78 is 21.0. The number of carbonyl (C=O) groups excluding carboxylic acids is 1. The fraction of sp³-hybridized carbons (Fsp3) is 0.950. The molecule has 0 aliphatic carbocycles. The maximum atomic E-state index is 12.1. The van der Waals surface area contributed by atoms with Gasteiger partial charge in [-0.05, 0) is 24.7 Å². The lowest BCUT2D eigenvalue weighted by Crippen LogP contribution is -2.39. The van der Waals surface area contributed by atoms with Gasteiger partial charge < -0.3 is 23.8 Å². The number of nitrogens with zero attached hydrogens (tertiary/aromatic N) is 1. The smallest absolute Gasteiger partial charge is 0.224 e. The van der Waals surface area contributed by atoms with Crippen LogP contribution in [0.25, 0.3) is 0 Å². The van der Waals surface area contributed by atoms with E-state index in [1.165, 1.54) is 0 Å². The van der Waals surface area contributed by atoms with Crippen molar-refractivity contribution < 1.29 is 23.7 Å². The Morgan fingerprint density at radius 2 is 1.35 bits per heavy atom. The number of hydrogen-bond acceptors (Lipinski definition) is 5. The number of hydrogen-bond donors (Lipinski definition) is 0. The van der Waals surface area contributed by atoms with Crippen LogP contribution in [0, 0.1) is 11.8 Å². The number of rotatable bonds is 13. The highest BCUT2D eigenvalue weighted by atomic mass is 16.6. The van der Waals surface area contributed by atoms with E-state index in [-0.39, 0.29) is 5.91 Å². The molecular weight excluding hydrogens is 334 g/mol.